The van der Waals surface area contributed by atoms with E-state index < -0.39 is 6.17 Å². The lowest BCUT2D eigenvalue weighted by Gasteiger charge is -2.14. The van der Waals surface area contributed by atoms with Gasteiger partial charge in [0.05, 0.1) is 6.04 Å². The second-order valence-corrected chi connectivity index (χ2v) is 4.97. The highest BCUT2D eigenvalue weighted by Gasteiger charge is 2.35. The number of nitrogens with zero attached hydrogens (tertiary/aromatic N) is 3. The van der Waals surface area contributed by atoms with Crippen LogP contribution in [0.3, 0.4) is 0 Å². The SMILES string of the molecule is Cc1ccccc1[C@@H]1C[C@@H](F)c2nc(Br)nn21. The largest absolute Gasteiger partial charge is 0.239 e. The topological polar surface area (TPSA) is 30.7 Å². The molecule has 2 aromatic rings. The van der Waals surface area contributed by atoms with Crippen molar-refractivity contribution in [1.82, 2.24) is 14.8 Å². The van der Waals surface area contributed by atoms with Crippen molar-refractivity contribution in [2.75, 3.05) is 0 Å². The fourth-order valence-electron chi connectivity index (χ4n) is 2.37. The van der Waals surface area contributed by atoms with Gasteiger partial charge < -0.3 is 0 Å². The van der Waals surface area contributed by atoms with Crippen molar-refractivity contribution in [3.63, 3.8) is 0 Å². The van der Waals surface area contributed by atoms with Crippen LogP contribution in [0, 0.1) is 6.92 Å². The van der Waals surface area contributed by atoms with Gasteiger partial charge in [0.15, 0.2) is 12.0 Å². The first-order chi connectivity index (χ1) is 8.16. The Morgan fingerprint density at radius 2 is 2.18 bits per heavy atom. The van der Waals surface area contributed by atoms with Crippen LogP contribution in [0.2, 0.25) is 0 Å². The summed E-state index contributed by atoms with van der Waals surface area (Å²) in [5.41, 5.74) is 2.27. The molecule has 0 spiro atoms. The van der Waals surface area contributed by atoms with Crippen molar-refractivity contribution in [2.45, 2.75) is 25.6 Å². The third-order valence-electron chi connectivity index (χ3n) is 3.18. The second kappa shape index (κ2) is 3.91. The number of aromatic nitrogens is 3. The van der Waals surface area contributed by atoms with Crippen LogP contribution >= 0.6 is 15.9 Å². The van der Waals surface area contributed by atoms with Crippen LogP contribution in [0.15, 0.2) is 29.0 Å². The van der Waals surface area contributed by atoms with Crippen molar-refractivity contribution in [2.24, 2.45) is 0 Å². The van der Waals surface area contributed by atoms with Gasteiger partial charge >= 0.3 is 0 Å². The Bertz CT molecular complexity index is 567. The molecular weight excluding hydrogens is 285 g/mol. The molecule has 0 N–H and O–H groups in total. The Morgan fingerprint density at radius 3 is 2.94 bits per heavy atom. The minimum Gasteiger partial charge on any atom is -0.239 e. The zero-order valence-electron chi connectivity index (χ0n) is 9.27. The molecule has 1 aromatic heterocycles. The molecule has 3 rings (SSSR count). The Hall–Kier alpha value is -1.23. The Kier molecular flexibility index (Phi) is 2.50. The molecule has 0 unspecified atom stereocenters. The highest BCUT2D eigenvalue weighted by molar-refractivity contribution is 9.10. The maximum absolute atomic E-state index is 13.9. The normalized spacial score (nSPS) is 22.8. The molecule has 0 fully saturated rings. The number of aryl methyl sites for hydroxylation is 1. The van der Waals surface area contributed by atoms with Gasteiger partial charge in [-0.15, -0.1) is 5.10 Å². The zero-order chi connectivity index (χ0) is 12.0. The highest BCUT2D eigenvalue weighted by Crippen LogP contribution is 2.40. The van der Waals surface area contributed by atoms with E-state index in [1.807, 2.05) is 31.2 Å². The first-order valence-corrected chi connectivity index (χ1v) is 6.27. The van der Waals surface area contributed by atoms with E-state index in [1.54, 1.807) is 4.68 Å². The summed E-state index contributed by atoms with van der Waals surface area (Å²) >= 11 is 3.19. The highest BCUT2D eigenvalue weighted by atomic mass is 79.9. The van der Waals surface area contributed by atoms with Crippen LogP contribution in [0.1, 0.15) is 35.6 Å². The van der Waals surface area contributed by atoms with E-state index in [1.165, 1.54) is 0 Å². The Morgan fingerprint density at radius 1 is 1.41 bits per heavy atom. The van der Waals surface area contributed by atoms with Crippen LogP contribution in [-0.4, -0.2) is 14.8 Å². The van der Waals surface area contributed by atoms with E-state index >= 15 is 0 Å². The van der Waals surface area contributed by atoms with Gasteiger partial charge in [0, 0.05) is 6.42 Å². The summed E-state index contributed by atoms with van der Waals surface area (Å²) < 4.78 is 16.0. The molecule has 0 radical (unpaired) electrons. The van der Waals surface area contributed by atoms with Crippen LogP contribution in [-0.2, 0) is 0 Å². The maximum Gasteiger partial charge on any atom is 0.217 e. The minimum atomic E-state index is -1.03. The van der Waals surface area contributed by atoms with Crippen molar-refractivity contribution < 1.29 is 4.39 Å². The zero-order valence-corrected chi connectivity index (χ0v) is 10.9. The molecule has 1 aliphatic rings. The second-order valence-electron chi connectivity index (χ2n) is 4.26. The summed E-state index contributed by atoms with van der Waals surface area (Å²) in [7, 11) is 0. The Labute approximate surface area is 107 Å². The molecule has 3 nitrogen and oxygen atoms in total. The van der Waals surface area contributed by atoms with E-state index in [0.29, 0.717) is 17.0 Å². The third-order valence-corrected chi connectivity index (χ3v) is 3.52. The molecule has 1 aromatic carbocycles. The number of rotatable bonds is 1. The first kappa shape index (κ1) is 10.9. The van der Waals surface area contributed by atoms with E-state index in [4.69, 9.17) is 0 Å². The number of hydrogen-bond acceptors (Lipinski definition) is 2. The average Bonchev–Trinajstić information content (AvgIpc) is 2.80. The summed E-state index contributed by atoms with van der Waals surface area (Å²) in [6, 6.07) is 7.97. The quantitative estimate of drug-likeness (QED) is 0.808. The van der Waals surface area contributed by atoms with Crippen molar-refractivity contribution in [1.29, 1.82) is 0 Å². The lowest BCUT2D eigenvalue weighted by Crippen LogP contribution is -2.08. The van der Waals surface area contributed by atoms with Crippen molar-refractivity contribution in [3.05, 3.63) is 46.0 Å². The summed E-state index contributed by atoms with van der Waals surface area (Å²) in [4.78, 5) is 4.07. The van der Waals surface area contributed by atoms with Crippen molar-refractivity contribution >= 4 is 15.9 Å². The first-order valence-electron chi connectivity index (χ1n) is 5.48. The predicted molar refractivity (Wildman–Crippen MR) is 65.5 cm³/mol. The fourth-order valence-corrected chi connectivity index (χ4v) is 2.72. The lowest BCUT2D eigenvalue weighted by atomic mass is 9.99. The number of fused-ring (bicyclic) bond motifs is 1. The van der Waals surface area contributed by atoms with Crippen LogP contribution in [0.4, 0.5) is 4.39 Å². The van der Waals surface area contributed by atoms with Gasteiger partial charge in [0.2, 0.25) is 4.73 Å². The van der Waals surface area contributed by atoms with E-state index in [9.17, 15) is 4.39 Å². The minimum absolute atomic E-state index is 0.0417. The molecule has 5 heteroatoms. The standard InChI is InChI=1S/C12H11BrFN3/c1-7-4-2-3-5-8(7)10-6-9(14)11-15-12(13)16-17(10)11/h2-5,9-10H,6H2,1H3/t9-,10+/m1/s1. The van der Waals surface area contributed by atoms with Gasteiger partial charge in [0.25, 0.3) is 0 Å². The molecular formula is C12H11BrFN3. The van der Waals surface area contributed by atoms with E-state index in [2.05, 4.69) is 26.0 Å². The van der Waals surface area contributed by atoms with E-state index in [0.717, 1.165) is 11.1 Å². The molecule has 88 valence electrons. The van der Waals surface area contributed by atoms with Gasteiger partial charge in [-0.3, -0.25) is 0 Å². The number of hydrogen-bond donors (Lipinski definition) is 0. The predicted octanol–water partition coefficient (Wildman–Crippen LogP) is 3.35. The molecule has 1 aliphatic heterocycles. The van der Waals surface area contributed by atoms with Crippen LogP contribution < -0.4 is 0 Å². The van der Waals surface area contributed by atoms with Crippen molar-refractivity contribution in [3.8, 4) is 0 Å². The molecule has 0 aliphatic carbocycles. The fraction of sp³-hybridized carbons (Fsp3) is 0.333. The van der Waals surface area contributed by atoms with Gasteiger partial charge in [-0.05, 0) is 34.0 Å². The van der Waals surface area contributed by atoms with Gasteiger partial charge in [-0.25, -0.2) is 14.1 Å². The maximum atomic E-state index is 13.9. The molecule has 0 saturated carbocycles. The summed E-state index contributed by atoms with van der Waals surface area (Å²) in [6.07, 6.45) is -0.605. The molecule has 2 heterocycles. The number of benzene rings is 1. The number of alkyl halides is 1. The monoisotopic (exact) mass is 295 g/mol. The Balaban J connectivity index is 2.10. The van der Waals surface area contributed by atoms with E-state index in [-0.39, 0.29) is 6.04 Å². The van der Waals surface area contributed by atoms with Gasteiger partial charge in [-0.2, -0.15) is 0 Å². The molecule has 2 atom stereocenters. The van der Waals surface area contributed by atoms with Gasteiger partial charge in [0.1, 0.15) is 0 Å². The summed E-state index contributed by atoms with van der Waals surface area (Å²) in [5, 5.41) is 4.22. The average molecular weight is 296 g/mol. The lowest BCUT2D eigenvalue weighted by molar-refractivity contribution is 0.328. The number of halogens is 2. The molecule has 0 saturated heterocycles. The summed E-state index contributed by atoms with van der Waals surface area (Å²) in [5.74, 6) is 0.421. The summed E-state index contributed by atoms with van der Waals surface area (Å²) in [6.45, 7) is 2.03. The van der Waals surface area contributed by atoms with Crippen LogP contribution in [0.25, 0.3) is 0 Å². The molecule has 17 heavy (non-hydrogen) atoms. The van der Waals surface area contributed by atoms with Crippen LogP contribution in [0.5, 0.6) is 0 Å². The van der Waals surface area contributed by atoms with Gasteiger partial charge in [-0.1, -0.05) is 24.3 Å². The third kappa shape index (κ3) is 1.69. The smallest absolute Gasteiger partial charge is 0.217 e. The molecule has 0 bridgehead atoms. The molecule has 0 amide bonds.